The van der Waals surface area contributed by atoms with Crippen molar-refractivity contribution in [2.75, 3.05) is 0 Å². The van der Waals surface area contributed by atoms with E-state index >= 15 is 0 Å². The van der Waals surface area contributed by atoms with Crippen molar-refractivity contribution in [3.63, 3.8) is 0 Å². The molecule has 0 saturated heterocycles. The lowest BCUT2D eigenvalue weighted by atomic mass is 10.1. The Hall–Kier alpha value is -0.450. The summed E-state index contributed by atoms with van der Waals surface area (Å²) >= 11 is 11.1. The molecule has 1 unspecified atom stereocenters. The normalized spacial score (nSPS) is 12.8. The monoisotopic (exact) mass is 350 g/mol. The highest BCUT2D eigenvalue weighted by molar-refractivity contribution is 9.09. The molecule has 0 aliphatic heterocycles. The fourth-order valence-electron chi connectivity index (χ4n) is 1.61. The van der Waals surface area contributed by atoms with Gasteiger partial charge in [0.15, 0.2) is 11.6 Å². The minimum atomic E-state index is -0.929. The number of benzene rings is 1. The molecule has 1 aromatic heterocycles. The quantitative estimate of drug-likeness (QED) is 0.475. The number of hydrogen-bond acceptors (Lipinski definition) is 1. The van der Waals surface area contributed by atoms with E-state index in [4.69, 9.17) is 11.6 Å². The lowest BCUT2D eigenvalue weighted by molar-refractivity contribution is 0.507. The van der Waals surface area contributed by atoms with Crippen LogP contribution in [0.1, 0.15) is 25.7 Å². The SMILES string of the molecule is Cc1cc(C(Br)c2cc(F)c(F)cc2Cl)sc1C. The predicted molar refractivity (Wildman–Crippen MR) is 75.9 cm³/mol. The Morgan fingerprint density at radius 1 is 1.17 bits per heavy atom. The lowest BCUT2D eigenvalue weighted by Gasteiger charge is -2.10. The van der Waals surface area contributed by atoms with E-state index in [1.807, 2.05) is 19.9 Å². The molecule has 18 heavy (non-hydrogen) atoms. The molecule has 0 nitrogen and oxygen atoms in total. The summed E-state index contributed by atoms with van der Waals surface area (Å²) in [7, 11) is 0. The molecule has 0 aliphatic carbocycles. The number of thiophene rings is 1. The zero-order valence-electron chi connectivity index (χ0n) is 9.73. The largest absolute Gasteiger partial charge is 0.204 e. The van der Waals surface area contributed by atoms with Gasteiger partial charge in [-0.1, -0.05) is 27.5 Å². The van der Waals surface area contributed by atoms with Crippen LogP contribution in [-0.4, -0.2) is 0 Å². The maximum absolute atomic E-state index is 13.3. The Bertz CT molecular complexity index is 575. The molecule has 0 bridgehead atoms. The average molecular weight is 352 g/mol. The van der Waals surface area contributed by atoms with Gasteiger partial charge in [-0.05, 0) is 43.2 Å². The van der Waals surface area contributed by atoms with Gasteiger partial charge in [-0.3, -0.25) is 0 Å². The van der Waals surface area contributed by atoms with Crippen molar-refractivity contribution in [3.05, 3.63) is 55.7 Å². The van der Waals surface area contributed by atoms with Gasteiger partial charge in [0.05, 0.1) is 4.83 Å². The van der Waals surface area contributed by atoms with E-state index in [-0.39, 0.29) is 9.85 Å². The molecular formula is C13H10BrClF2S. The van der Waals surface area contributed by atoms with Gasteiger partial charge >= 0.3 is 0 Å². The Morgan fingerprint density at radius 3 is 2.33 bits per heavy atom. The molecule has 2 rings (SSSR count). The molecular weight excluding hydrogens is 342 g/mol. The van der Waals surface area contributed by atoms with Gasteiger partial charge < -0.3 is 0 Å². The van der Waals surface area contributed by atoms with E-state index in [1.54, 1.807) is 11.3 Å². The number of halogens is 4. The highest BCUT2D eigenvalue weighted by Crippen LogP contribution is 2.40. The van der Waals surface area contributed by atoms with Crippen molar-refractivity contribution in [3.8, 4) is 0 Å². The molecule has 1 heterocycles. The Morgan fingerprint density at radius 2 is 1.78 bits per heavy atom. The van der Waals surface area contributed by atoms with Crippen LogP contribution < -0.4 is 0 Å². The van der Waals surface area contributed by atoms with Crippen LogP contribution in [0.3, 0.4) is 0 Å². The van der Waals surface area contributed by atoms with Crippen LogP contribution in [-0.2, 0) is 0 Å². The molecule has 0 fully saturated rings. The molecule has 1 atom stereocenters. The van der Waals surface area contributed by atoms with Gasteiger partial charge in [-0.25, -0.2) is 8.78 Å². The van der Waals surface area contributed by atoms with Crippen molar-refractivity contribution in [1.82, 2.24) is 0 Å². The fourth-order valence-corrected chi connectivity index (χ4v) is 3.83. The molecule has 0 spiro atoms. The first-order chi connectivity index (χ1) is 8.40. The summed E-state index contributed by atoms with van der Waals surface area (Å²) in [4.78, 5) is 2.00. The zero-order valence-corrected chi connectivity index (χ0v) is 12.9. The number of alkyl halides is 1. The van der Waals surface area contributed by atoms with Crippen molar-refractivity contribution in [2.45, 2.75) is 18.7 Å². The average Bonchev–Trinajstić information content (AvgIpc) is 2.63. The molecule has 0 radical (unpaired) electrons. The summed E-state index contributed by atoms with van der Waals surface area (Å²) in [6, 6.07) is 4.17. The Balaban J connectivity index is 2.45. The van der Waals surface area contributed by atoms with Gasteiger partial charge in [0.1, 0.15) is 0 Å². The highest BCUT2D eigenvalue weighted by atomic mass is 79.9. The second-order valence-electron chi connectivity index (χ2n) is 4.04. The van der Waals surface area contributed by atoms with Gasteiger partial charge in [0.25, 0.3) is 0 Å². The second kappa shape index (κ2) is 5.27. The highest BCUT2D eigenvalue weighted by Gasteiger charge is 2.19. The van der Waals surface area contributed by atoms with Crippen LogP contribution in [0.2, 0.25) is 5.02 Å². The van der Waals surface area contributed by atoms with Gasteiger partial charge in [0, 0.05) is 14.8 Å². The van der Waals surface area contributed by atoms with Crippen LogP contribution in [0.4, 0.5) is 8.78 Å². The molecule has 1 aromatic carbocycles. The minimum Gasteiger partial charge on any atom is -0.204 e. The first kappa shape index (κ1) is 14.0. The number of hydrogen-bond donors (Lipinski definition) is 0. The zero-order chi connectivity index (χ0) is 13.4. The van der Waals surface area contributed by atoms with Gasteiger partial charge in [-0.15, -0.1) is 11.3 Å². The third kappa shape index (κ3) is 2.60. The number of rotatable bonds is 2. The topological polar surface area (TPSA) is 0 Å². The third-order valence-corrected chi connectivity index (χ3v) is 5.58. The van der Waals surface area contributed by atoms with Crippen molar-refractivity contribution in [1.29, 1.82) is 0 Å². The second-order valence-corrected chi connectivity index (χ2v) is 6.65. The van der Waals surface area contributed by atoms with E-state index < -0.39 is 11.6 Å². The Labute approximate surface area is 122 Å². The summed E-state index contributed by atoms with van der Waals surface area (Å²) in [5.74, 6) is -1.81. The van der Waals surface area contributed by atoms with Gasteiger partial charge in [-0.2, -0.15) is 0 Å². The fraction of sp³-hybridized carbons (Fsp3) is 0.231. The molecule has 0 saturated carbocycles. The van der Waals surface area contributed by atoms with Crippen molar-refractivity contribution >= 4 is 38.9 Å². The molecule has 0 N–H and O–H groups in total. The van der Waals surface area contributed by atoms with E-state index in [1.165, 1.54) is 10.4 Å². The summed E-state index contributed by atoms with van der Waals surface area (Å²) in [5, 5.41) is 0.222. The maximum Gasteiger partial charge on any atom is 0.160 e. The first-order valence-electron chi connectivity index (χ1n) is 5.25. The Kier molecular flexibility index (Phi) is 4.09. The van der Waals surface area contributed by atoms with Crippen LogP contribution in [0.5, 0.6) is 0 Å². The molecule has 5 heteroatoms. The summed E-state index contributed by atoms with van der Waals surface area (Å²) in [6.45, 7) is 4.04. The van der Waals surface area contributed by atoms with E-state index in [0.29, 0.717) is 5.56 Å². The van der Waals surface area contributed by atoms with Crippen molar-refractivity contribution < 1.29 is 8.78 Å². The summed E-state index contributed by atoms with van der Waals surface area (Å²) in [5.41, 5.74) is 1.72. The minimum absolute atomic E-state index is 0.222. The summed E-state index contributed by atoms with van der Waals surface area (Å²) < 4.78 is 26.3. The van der Waals surface area contributed by atoms with Crippen molar-refractivity contribution in [2.24, 2.45) is 0 Å². The molecule has 0 aliphatic rings. The van der Waals surface area contributed by atoms with Crippen LogP contribution in [0.15, 0.2) is 18.2 Å². The summed E-state index contributed by atoms with van der Waals surface area (Å²) in [6.07, 6.45) is 0. The van der Waals surface area contributed by atoms with Crippen LogP contribution in [0, 0.1) is 25.5 Å². The van der Waals surface area contributed by atoms with Gasteiger partial charge in [0.2, 0.25) is 0 Å². The molecule has 0 amide bonds. The van der Waals surface area contributed by atoms with Crippen LogP contribution >= 0.6 is 38.9 Å². The predicted octanol–water partition coefficient (Wildman–Crippen LogP) is 5.78. The lowest BCUT2D eigenvalue weighted by Crippen LogP contribution is -1.95. The smallest absolute Gasteiger partial charge is 0.160 e. The first-order valence-corrected chi connectivity index (χ1v) is 7.36. The molecule has 2 aromatic rings. The maximum atomic E-state index is 13.3. The number of aryl methyl sites for hydroxylation is 2. The van der Waals surface area contributed by atoms with E-state index in [0.717, 1.165) is 17.0 Å². The van der Waals surface area contributed by atoms with E-state index in [9.17, 15) is 8.78 Å². The standard InChI is InChI=1S/C13H10BrClF2S/c1-6-3-12(18-7(6)2)13(14)8-4-10(16)11(17)5-9(8)15/h3-5,13H,1-2H3. The molecule has 96 valence electrons. The van der Waals surface area contributed by atoms with E-state index in [2.05, 4.69) is 15.9 Å². The third-order valence-electron chi connectivity index (χ3n) is 2.75. The van der Waals surface area contributed by atoms with Crippen LogP contribution in [0.25, 0.3) is 0 Å².